The van der Waals surface area contributed by atoms with Crippen molar-refractivity contribution in [2.75, 3.05) is 7.11 Å². The average Bonchev–Trinajstić information content (AvgIpc) is 2.61. The van der Waals surface area contributed by atoms with Crippen LogP contribution in [0, 0.1) is 16.7 Å². The highest BCUT2D eigenvalue weighted by molar-refractivity contribution is 6.00. The number of hydrogen-bond acceptors (Lipinski definition) is 2. The molecule has 0 aromatic rings. The number of rotatable bonds is 1. The average molecular weight is 234 g/mol. The van der Waals surface area contributed by atoms with Gasteiger partial charge in [0.15, 0.2) is 5.78 Å². The Morgan fingerprint density at radius 3 is 2.59 bits per heavy atom. The molecule has 94 valence electrons. The Bertz CT molecular complexity index is 419. The van der Waals surface area contributed by atoms with E-state index in [-0.39, 0.29) is 11.5 Å². The second kappa shape index (κ2) is 3.23. The van der Waals surface area contributed by atoms with Crippen LogP contribution >= 0.6 is 0 Å². The van der Waals surface area contributed by atoms with Gasteiger partial charge in [-0.15, -0.1) is 0 Å². The first-order valence-corrected chi connectivity index (χ1v) is 6.71. The summed E-state index contributed by atoms with van der Waals surface area (Å²) in [5.41, 5.74) is 2.97. The van der Waals surface area contributed by atoms with Crippen molar-refractivity contribution in [3.8, 4) is 0 Å². The molecule has 3 atom stereocenters. The Kier molecular flexibility index (Phi) is 2.17. The molecule has 1 saturated carbocycles. The lowest BCUT2D eigenvalue weighted by Gasteiger charge is -2.48. The molecule has 0 spiro atoms. The molecule has 0 amide bonds. The Balaban J connectivity index is 2.16. The number of hydrogen-bond donors (Lipinski definition) is 0. The fourth-order valence-corrected chi connectivity index (χ4v) is 4.53. The van der Waals surface area contributed by atoms with Crippen LogP contribution in [0.5, 0.6) is 0 Å². The summed E-state index contributed by atoms with van der Waals surface area (Å²) in [6.07, 6.45) is 4.12. The van der Waals surface area contributed by atoms with Gasteiger partial charge in [0.2, 0.25) is 0 Å². The summed E-state index contributed by atoms with van der Waals surface area (Å²) in [7, 11) is 1.74. The van der Waals surface area contributed by atoms with E-state index < -0.39 is 0 Å². The van der Waals surface area contributed by atoms with Crippen LogP contribution in [0.2, 0.25) is 0 Å². The standard InChI is InChI=1S/C15H22O2/c1-14(2)9-5-6-15(14,3)13-10(7-9)11(16)8-12(13)17-4/h9,12H,5-8H2,1-4H3/t9-,12-,15+/m1/s1. The Hall–Kier alpha value is -0.630. The van der Waals surface area contributed by atoms with E-state index in [1.807, 2.05) is 0 Å². The van der Waals surface area contributed by atoms with Crippen molar-refractivity contribution < 1.29 is 9.53 Å². The summed E-state index contributed by atoms with van der Waals surface area (Å²) < 4.78 is 5.58. The van der Waals surface area contributed by atoms with Crippen LogP contribution in [0.4, 0.5) is 0 Å². The van der Waals surface area contributed by atoms with Crippen LogP contribution < -0.4 is 0 Å². The first-order chi connectivity index (χ1) is 7.91. The van der Waals surface area contributed by atoms with Crippen LogP contribution in [0.3, 0.4) is 0 Å². The lowest BCUT2D eigenvalue weighted by atomic mass is 9.57. The number of ketones is 1. The van der Waals surface area contributed by atoms with Crippen LogP contribution in [0.1, 0.15) is 46.5 Å². The zero-order valence-electron chi connectivity index (χ0n) is 11.3. The van der Waals surface area contributed by atoms with Gasteiger partial charge in [0.25, 0.3) is 0 Å². The van der Waals surface area contributed by atoms with Crippen LogP contribution in [0.25, 0.3) is 0 Å². The van der Waals surface area contributed by atoms with E-state index >= 15 is 0 Å². The van der Waals surface area contributed by atoms with E-state index in [1.165, 1.54) is 18.4 Å². The van der Waals surface area contributed by atoms with Gasteiger partial charge < -0.3 is 4.74 Å². The zero-order valence-corrected chi connectivity index (χ0v) is 11.3. The van der Waals surface area contributed by atoms with E-state index in [0.29, 0.717) is 23.5 Å². The van der Waals surface area contributed by atoms with E-state index in [9.17, 15) is 4.79 Å². The molecule has 2 nitrogen and oxygen atoms in total. The molecule has 2 bridgehead atoms. The van der Waals surface area contributed by atoms with E-state index in [1.54, 1.807) is 7.11 Å². The number of Topliss-reactive ketones (excluding diaryl/α,β-unsaturated/α-hetero) is 1. The Morgan fingerprint density at radius 2 is 1.94 bits per heavy atom. The summed E-state index contributed by atoms with van der Waals surface area (Å²) in [4.78, 5) is 12.1. The molecular formula is C15H22O2. The normalized spacial score (nSPS) is 43.2. The molecule has 0 aliphatic heterocycles. The van der Waals surface area contributed by atoms with Crippen molar-refractivity contribution in [3.05, 3.63) is 11.1 Å². The maximum Gasteiger partial charge on any atom is 0.161 e. The number of ether oxygens (including phenoxy) is 1. The molecule has 3 aliphatic carbocycles. The Morgan fingerprint density at radius 1 is 1.24 bits per heavy atom. The molecule has 0 saturated heterocycles. The highest BCUT2D eigenvalue weighted by Gasteiger charge is 2.60. The van der Waals surface area contributed by atoms with Crippen LogP contribution in [-0.2, 0) is 9.53 Å². The number of methoxy groups -OCH3 is 1. The highest BCUT2D eigenvalue weighted by atomic mass is 16.5. The minimum atomic E-state index is 0.0563. The minimum absolute atomic E-state index is 0.0563. The van der Waals surface area contributed by atoms with Gasteiger partial charge in [-0.2, -0.15) is 0 Å². The molecule has 0 heterocycles. The van der Waals surface area contributed by atoms with Crippen molar-refractivity contribution in [3.63, 3.8) is 0 Å². The monoisotopic (exact) mass is 234 g/mol. The molecule has 0 unspecified atom stereocenters. The van der Waals surface area contributed by atoms with Gasteiger partial charge in [-0.3, -0.25) is 4.79 Å². The van der Waals surface area contributed by atoms with Gasteiger partial charge >= 0.3 is 0 Å². The first-order valence-electron chi connectivity index (χ1n) is 6.71. The van der Waals surface area contributed by atoms with Gasteiger partial charge in [0.1, 0.15) is 0 Å². The largest absolute Gasteiger partial charge is 0.377 e. The van der Waals surface area contributed by atoms with Crippen molar-refractivity contribution in [2.24, 2.45) is 16.7 Å². The quantitative estimate of drug-likeness (QED) is 0.697. The first kappa shape index (κ1) is 11.5. The van der Waals surface area contributed by atoms with Gasteiger partial charge in [0, 0.05) is 13.5 Å². The van der Waals surface area contributed by atoms with E-state index in [4.69, 9.17) is 4.74 Å². The summed E-state index contributed by atoms with van der Waals surface area (Å²) >= 11 is 0. The predicted octanol–water partition coefficient (Wildman–Crippen LogP) is 3.12. The molecule has 2 heteroatoms. The molecule has 3 aliphatic rings. The van der Waals surface area contributed by atoms with Gasteiger partial charge in [-0.25, -0.2) is 0 Å². The van der Waals surface area contributed by atoms with Crippen molar-refractivity contribution in [1.82, 2.24) is 0 Å². The smallest absolute Gasteiger partial charge is 0.161 e. The molecule has 1 fully saturated rings. The van der Waals surface area contributed by atoms with Crippen LogP contribution in [-0.4, -0.2) is 19.0 Å². The molecule has 0 aromatic heterocycles. The maximum atomic E-state index is 12.1. The van der Waals surface area contributed by atoms with Crippen LogP contribution in [0.15, 0.2) is 11.1 Å². The second-order valence-corrected chi connectivity index (χ2v) is 6.74. The van der Waals surface area contributed by atoms with Crippen molar-refractivity contribution >= 4 is 5.78 Å². The molecule has 17 heavy (non-hydrogen) atoms. The summed E-state index contributed by atoms with van der Waals surface area (Å²) in [6, 6.07) is 0. The second-order valence-electron chi connectivity index (χ2n) is 6.74. The molecule has 0 radical (unpaired) electrons. The third-order valence-corrected chi connectivity index (χ3v) is 6.12. The molecule has 0 N–H and O–H groups in total. The SMILES string of the molecule is CO[C@@H]1CC(=O)C2=C1[C@]1(C)CC[C@H](C2)C1(C)C. The lowest BCUT2D eigenvalue weighted by molar-refractivity contribution is -0.116. The van der Waals surface area contributed by atoms with Gasteiger partial charge in [0.05, 0.1) is 6.10 Å². The topological polar surface area (TPSA) is 26.3 Å². The molecular weight excluding hydrogens is 212 g/mol. The zero-order chi connectivity index (χ0) is 12.4. The Labute approximate surface area is 103 Å². The van der Waals surface area contributed by atoms with E-state index in [2.05, 4.69) is 20.8 Å². The minimum Gasteiger partial charge on any atom is -0.377 e. The van der Waals surface area contributed by atoms with Crippen molar-refractivity contribution in [1.29, 1.82) is 0 Å². The summed E-state index contributed by atoms with van der Waals surface area (Å²) in [5.74, 6) is 1.03. The number of carbonyl (C=O) groups is 1. The molecule has 0 aromatic carbocycles. The number of fused-ring (bicyclic) bond motifs is 3. The third-order valence-electron chi connectivity index (χ3n) is 6.12. The highest BCUT2D eigenvalue weighted by Crippen LogP contribution is 2.67. The maximum absolute atomic E-state index is 12.1. The van der Waals surface area contributed by atoms with Gasteiger partial charge in [-0.05, 0) is 47.2 Å². The van der Waals surface area contributed by atoms with E-state index in [0.717, 1.165) is 12.0 Å². The predicted molar refractivity (Wildman–Crippen MR) is 66.7 cm³/mol. The summed E-state index contributed by atoms with van der Waals surface area (Å²) in [5, 5.41) is 0. The number of allylic oxidation sites excluding steroid dienone is 1. The fourth-order valence-electron chi connectivity index (χ4n) is 4.53. The lowest BCUT2D eigenvalue weighted by Crippen LogP contribution is -2.41. The van der Waals surface area contributed by atoms with Gasteiger partial charge in [-0.1, -0.05) is 20.8 Å². The third kappa shape index (κ3) is 1.17. The summed E-state index contributed by atoms with van der Waals surface area (Å²) in [6.45, 7) is 7.11. The van der Waals surface area contributed by atoms with Crippen molar-refractivity contribution in [2.45, 2.75) is 52.6 Å². The number of carbonyl (C=O) groups excluding carboxylic acids is 1. The molecule has 3 rings (SSSR count). The fraction of sp³-hybridized carbons (Fsp3) is 0.800.